The van der Waals surface area contributed by atoms with Crippen LogP contribution in [-0.2, 0) is 28.7 Å². The number of rotatable bonds is 13. The molecule has 1 saturated carbocycles. The Hall–Kier alpha value is -5.00. The average molecular weight is 716 g/mol. The van der Waals surface area contributed by atoms with Gasteiger partial charge in [0.2, 0.25) is 23.5 Å². The van der Waals surface area contributed by atoms with E-state index in [-0.39, 0.29) is 23.7 Å². The number of benzene rings is 2. The van der Waals surface area contributed by atoms with Gasteiger partial charge in [-0.3, -0.25) is 24.0 Å². The Bertz CT molecular complexity index is 1620. The fourth-order valence-corrected chi connectivity index (χ4v) is 6.98. The molecule has 0 spiro atoms. The molecule has 12 nitrogen and oxygen atoms in total. The molecule has 4 rings (SSSR count). The smallest absolute Gasteiger partial charge is 0.408 e. The molecule has 1 saturated heterocycles. The highest BCUT2D eigenvalue weighted by atomic mass is 16.6. The molecule has 2 fully saturated rings. The normalized spacial score (nSPS) is 20.1. The molecular weight excluding hydrogens is 662 g/mol. The first-order valence-corrected chi connectivity index (χ1v) is 17.7. The van der Waals surface area contributed by atoms with Crippen LogP contribution in [0.15, 0.2) is 73.3 Å². The number of ether oxygens (including phenoxy) is 1. The van der Waals surface area contributed by atoms with Gasteiger partial charge >= 0.3 is 6.09 Å². The topological polar surface area (TPSA) is 163 Å². The van der Waals surface area contributed by atoms with Gasteiger partial charge in [0.1, 0.15) is 23.7 Å². The minimum atomic E-state index is -1.29. The number of hydrogen-bond donors (Lipinski definition) is 4. The van der Waals surface area contributed by atoms with Crippen LogP contribution < -0.4 is 21.3 Å². The Labute approximate surface area is 306 Å². The molecule has 4 N–H and O–H groups in total. The van der Waals surface area contributed by atoms with Gasteiger partial charge in [0.15, 0.2) is 0 Å². The van der Waals surface area contributed by atoms with E-state index >= 15 is 0 Å². The number of ketones is 1. The minimum Gasteiger partial charge on any atom is -0.444 e. The highest BCUT2D eigenvalue weighted by Crippen LogP contribution is 2.65. The van der Waals surface area contributed by atoms with Crippen molar-refractivity contribution in [2.24, 2.45) is 22.7 Å². The molecule has 2 aromatic carbocycles. The first kappa shape index (κ1) is 39.8. The Morgan fingerprint density at radius 3 is 1.94 bits per heavy atom. The molecule has 52 heavy (non-hydrogen) atoms. The fraction of sp³-hybridized carbons (Fsp3) is 0.500. The number of carbonyl (C=O) groups excluding carboxylic acids is 6. The maximum Gasteiger partial charge on any atom is 0.408 e. The maximum absolute atomic E-state index is 14.1. The number of amides is 5. The van der Waals surface area contributed by atoms with Gasteiger partial charge in [0.25, 0.3) is 5.91 Å². The van der Waals surface area contributed by atoms with Crippen LogP contribution in [0.5, 0.6) is 0 Å². The summed E-state index contributed by atoms with van der Waals surface area (Å²) in [4.78, 5) is 82.0. The van der Waals surface area contributed by atoms with Crippen molar-refractivity contribution in [1.29, 1.82) is 0 Å². The summed E-state index contributed by atoms with van der Waals surface area (Å²) < 4.78 is 5.43. The molecule has 2 aliphatic rings. The van der Waals surface area contributed by atoms with E-state index in [2.05, 4.69) is 27.8 Å². The molecule has 5 amide bonds. The lowest BCUT2D eigenvalue weighted by Gasteiger charge is -2.38. The van der Waals surface area contributed by atoms with Crippen LogP contribution >= 0.6 is 0 Å². The summed E-state index contributed by atoms with van der Waals surface area (Å²) in [6.45, 7) is 18.1. The summed E-state index contributed by atoms with van der Waals surface area (Å²) >= 11 is 0. The molecule has 0 radical (unpaired) electrons. The summed E-state index contributed by atoms with van der Waals surface area (Å²) in [5.41, 5.74) is -0.0754. The zero-order valence-electron chi connectivity index (χ0n) is 31.4. The third-order valence-corrected chi connectivity index (χ3v) is 9.77. The summed E-state index contributed by atoms with van der Waals surface area (Å²) in [6, 6.07) is 15.0. The van der Waals surface area contributed by atoms with E-state index in [1.165, 1.54) is 11.0 Å². The Balaban J connectivity index is 1.45. The Morgan fingerprint density at radius 1 is 0.885 bits per heavy atom. The number of carbonyl (C=O) groups is 6. The third-order valence-electron chi connectivity index (χ3n) is 9.77. The number of hydrogen-bond acceptors (Lipinski definition) is 7. The number of nitrogens with zero attached hydrogens (tertiary/aromatic N) is 1. The van der Waals surface area contributed by atoms with Gasteiger partial charge in [0, 0.05) is 6.54 Å². The van der Waals surface area contributed by atoms with Gasteiger partial charge in [-0.15, -0.1) is 6.58 Å². The van der Waals surface area contributed by atoms with Crippen LogP contribution in [0, 0.1) is 22.7 Å². The molecule has 0 aromatic heterocycles. The summed E-state index contributed by atoms with van der Waals surface area (Å²) in [6.07, 6.45) is 0.602. The van der Waals surface area contributed by atoms with E-state index in [0.29, 0.717) is 6.54 Å². The van der Waals surface area contributed by atoms with Gasteiger partial charge < -0.3 is 30.9 Å². The molecule has 5 atom stereocenters. The lowest BCUT2D eigenvalue weighted by Crippen LogP contribution is -2.60. The van der Waals surface area contributed by atoms with Crippen molar-refractivity contribution >= 4 is 35.5 Å². The zero-order valence-corrected chi connectivity index (χ0v) is 31.4. The number of likely N-dealkylation sites (tertiary alicyclic amines) is 1. The second-order valence-corrected chi connectivity index (χ2v) is 16.3. The van der Waals surface area contributed by atoms with Gasteiger partial charge in [-0.1, -0.05) is 101 Å². The van der Waals surface area contributed by atoms with E-state index in [1.807, 2.05) is 95.3 Å². The molecule has 0 bridgehead atoms. The first-order valence-electron chi connectivity index (χ1n) is 17.7. The predicted octanol–water partition coefficient (Wildman–Crippen LogP) is 4.06. The second kappa shape index (κ2) is 15.7. The van der Waals surface area contributed by atoms with Crippen molar-refractivity contribution in [3.8, 4) is 0 Å². The number of Topliss-reactive ketones (excluding diaryl/α,β-unsaturated/α-hetero) is 1. The predicted molar refractivity (Wildman–Crippen MR) is 197 cm³/mol. The highest BCUT2D eigenvalue weighted by molar-refractivity contribution is 6.38. The number of fused-ring (bicyclic) bond motifs is 1. The van der Waals surface area contributed by atoms with Crippen LogP contribution in [0.2, 0.25) is 0 Å². The van der Waals surface area contributed by atoms with Gasteiger partial charge in [-0.25, -0.2) is 4.79 Å². The molecule has 2 aromatic rings. The zero-order chi connectivity index (χ0) is 38.6. The van der Waals surface area contributed by atoms with Crippen molar-refractivity contribution in [2.45, 2.75) is 91.6 Å². The second-order valence-electron chi connectivity index (χ2n) is 16.3. The van der Waals surface area contributed by atoms with E-state index in [0.717, 1.165) is 11.1 Å². The van der Waals surface area contributed by atoms with Gasteiger partial charge in [-0.05, 0) is 61.0 Å². The quantitative estimate of drug-likeness (QED) is 0.180. The van der Waals surface area contributed by atoms with Gasteiger partial charge in [0.05, 0.1) is 12.6 Å². The van der Waals surface area contributed by atoms with Crippen molar-refractivity contribution in [2.75, 3.05) is 13.1 Å². The Morgan fingerprint density at radius 2 is 1.44 bits per heavy atom. The summed E-state index contributed by atoms with van der Waals surface area (Å²) in [5, 5.41) is 10.7. The van der Waals surface area contributed by atoms with Crippen LogP contribution in [-0.4, -0.2) is 77.2 Å². The van der Waals surface area contributed by atoms with Crippen LogP contribution in [0.3, 0.4) is 0 Å². The lowest BCUT2D eigenvalue weighted by atomic mass is 9.85. The lowest BCUT2D eigenvalue weighted by molar-refractivity contribution is -0.145. The van der Waals surface area contributed by atoms with Gasteiger partial charge in [-0.2, -0.15) is 0 Å². The molecule has 280 valence electrons. The van der Waals surface area contributed by atoms with Crippen molar-refractivity contribution in [3.05, 3.63) is 84.4 Å². The molecule has 1 unspecified atom stereocenters. The van der Waals surface area contributed by atoms with Crippen LogP contribution in [0.4, 0.5) is 4.79 Å². The third kappa shape index (κ3) is 9.45. The largest absolute Gasteiger partial charge is 0.444 e. The van der Waals surface area contributed by atoms with Crippen molar-refractivity contribution < 1.29 is 33.5 Å². The standard InChI is InChI=1S/C40H53N5O7/c1-10-17-27(32(47)35(49)41-22-28(46)43-30(24-18-13-11-14-19-24)25-20-15-12-16-21-25)42-34(48)31-29-26(40(29,8)9)23-45(31)36(50)33(38(2,3)4)44-37(51)52-39(5,6)7/h10-16,18-21,26-27,29-31,33H,1,17,22-23H2,2-9H3,(H,41,49)(H,42,48)(H,43,46)(H,44,51)/t26-,27?,29-,31+,33-/m1/s1. The van der Waals surface area contributed by atoms with Crippen LogP contribution in [0.1, 0.15) is 79.0 Å². The molecular formula is C40H53N5O7. The summed E-state index contributed by atoms with van der Waals surface area (Å²) in [7, 11) is 0. The van der Waals surface area contributed by atoms with E-state index in [1.54, 1.807) is 20.8 Å². The molecule has 1 heterocycles. The maximum atomic E-state index is 14.1. The SMILES string of the molecule is C=CCC(NC(=O)[C@@H]1[C@H]2[C@@H](CN1C(=O)[C@@H](NC(=O)OC(C)(C)C)C(C)(C)C)C2(C)C)C(=O)C(=O)NCC(=O)NC(c1ccccc1)c1ccccc1. The van der Waals surface area contributed by atoms with Crippen molar-refractivity contribution in [1.82, 2.24) is 26.2 Å². The van der Waals surface area contributed by atoms with E-state index in [9.17, 15) is 28.8 Å². The van der Waals surface area contributed by atoms with Crippen molar-refractivity contribution in [3.63, 3.8) is 0 Å². The minimum absolute atomic E-state index is 0.0281. The average Bonchev–Trinajstić information content (AvgIpc) is 3.37. The summed E-state index contributed by atoms with van der Waals surface area (Å²) in [5.74, 6) is -3.71. The number of nitrogens with one attached hydrogen (secondary N) is 4. The van der Waals surface area contributed by atoms with E-state index in [4.69, 9.17) is 4.74 Å². The number of alkyl carbamates (subject to hydrolysis) is 1. The van der Waals surface area contributed by atoms with E-state index < -0.39 is 77.2 Å². The Kier molecular flexibility index (Phi) is 12.0. The first-order chi connectivity index (χ1) is 24.3. The monoisotopic (exact) mass is 715 g/mol. The number of piperidine rings is 1. The fourth-order valence-electron chi connectivity index (χ4n) is 6.98. The highest BCUT2D eigenvalue weighted by Gasteiger charge is 2.70. The molecule has 1 aliphatic carbocycles. The van der Waals surface area contributed by atoms with Crippen LogP contribution in [0.25, 0.3) is 0 Å². The molecule has 12 heteroatoms. The molecule has 1 aliphatic heterocycles.